The SMILES string of the molecule is Cc1ccc(-n2c(C)c(Cc3ccccc3)[nH]c2=O)cc1. The number of aromatic nitrogens is 2. The number of benzene rings is 2. The second-order valence-corrected chi connectivity index (χ2v) is 5.33. The van der Waals surface area contributed by atoms with Gasteiger partial charge in [-0.25, -0.2) is 4.79 Å². The minimum atomic E-state index is -0.0812. The molecule has 0 aliphatic rings. The number of nitrogens with zero attached hydrogens (tertiary/aromatic N) is 1. The monoisotopic (exact) mass is 278 g/mol. The summed E-state index contributed by atoms with van der Waals surface area (Å²) in [5, 5.41) is 0. The van der Waals surface area contributed by atoms with Crippen molar-refractivity contribution in [1.82, 2.24) is 9.55 Å². The fraction of sp³-hybridized carbons (Fsp3) is 0.167. The van der Waals surface area contributed by atoms with Crippen molar-refractivity contribution in [3.63, 3.8) is 0 Å². The first-order valence-electron chi connectivity index (χ1n) is 7.06. The number of hydrogen-bond donors (Lipinski definition) is 1. The predicted molar refractivity (Wildman–Crippen MR) is 85.1 cm³/mol. The number of nitrogens with one attached hydrogen (secondary N) is 1. The molecule has 0 amide bonds. The highest BCUT2D eigenvalue weighted by molar-refractivity contribution is 5.38. The summed E-state index contributed by atoms with van der Waals surface area (Å²) in [6.07, 6.45) is 0.737. The second-order valence-electron chi connectivity index (χ2n) is 5.33. The van der Waals surface area contributed by atoms with Gasteiger partial charge >= 0.3 is 5.69 Å². The van der Waals surface area contributed by atoms with Crippen molar-refractivity contribution in [3.8, 4) is 5.69 Å². The molecule has 0 unspecified atom stereocenters. The molecule has 3 nitrogen and oxygen atoms in total. The van der Waals surface area contributed by atoms with Crippen LogP contribution < -0.4 is 5.69 Å². The molecule has 0 radical (unpaired) electrons. The average Bonchev–Trinajstić information content (AvgIpc) is 2.76. The quantitative estimate of drug-likeness (QED) is 0.783. The molecule has 21 heavy (non-hydrogen) atoms. The van der Waals surface area contributed by atoms with E-state index < -0.39 is 0 Å². The number of aryl methyl sites for hydroxylation is 1. The van der Waals surface area contributed by atoms with Gasteiger partial charge in [0.25, 0.3) is 0 Å². The molecule has 3 rings (SSSR count). The lowest BCUT2D eigenvalue weighted by molar-refractivity contribution is 0.947. The Labute approximate surface area is 123 Å². The molecule has 106 valence electrons. The Balaban J connectivity index is 2.01. The fourth-order valence-corrected chi connectivity index (χ4v) is 2.54. The van der Waals surface area contributed by atoms with E-state index in [1.54, 1.807) is 4.57 Å². The summed E-state index contributed by atoms with van der Waals surface area (Å²) in [6.45, 7) is 4.02. The van der Waals surface area contributed by atoms with E-state index in [4.69, 9.17) is 0 Å². The average molecular weight is 278 g/mol. The molecule has 2 aromatic carbocycles. The van der Waals surface area contributed by atoms with Crippen molar-refractivity contribution in [1.29, 1.82) is 0 Å². The van der Waals surface area contributed by atoms with Gasteiger partial charge in [-0.05, 0) is 31.5 Å². The summed E-state index contributed by atoms with van der Waals surface area (Å²) in [5.41, 5.74) is 5.13. The van der Waals surface area contributed by atoms with Crippen LogP contribution in [0.5, 0.6) is 0 Å². The Morgan fingerprint density at radius 2 is 1.62 bits per heavy atom. The molecule has 3 aromatic rings. The molecule has 1 N–H and O–H groups in total. The third-order valence-corrected chi connectivity index (χ3v) is 3.75. The Kier molecular flexibility index (Phi) is 3.48. The smallest absolute Gasteiger partial charge is 0.309 e. The van der Waals surface area contributed by atoms with Crippen LogP contribution in [0, 0.1) is 13.8 Å². The predicted octanol–water partition coefficient (Wildman–Crippen LogP) is 3.37. The van der Waals surface area contributed by atoms with Gasteiger partial charge in [0.1, 0.15) is 0 Å². The highest BCUT2D eigenvalue weighted by Crippen LogP contribution is 2.15. The van der Waals surface area contributed by atoms with Crippen molar-refractivity contribution < 1.29 is 0 Å². The van der Waals surface area contributed by atoms with Crippen LogP contribution in [0.3, 0.4) is 0 Å². The lowest BCUT2D eigenvalue weighted by Crippen LogP contribution is -2.15. The summed E-state index contributed by atoms with van der Waals surface area (Å²) in [5.74, 6) is 0. The second kappa shape index (κ2) is 5.44. The Hall–Kier alpha value is -2.55. The van der Waals surface area contributed by atoms with E-state index in [2.05, 4.69) is 17.1 Å². The maximum atomic E-state index is 12.2. The molecule has 0 spiro atoms. The van der Waals surface area contributed by atoms with Crippen LogP contribution in [-0.4, -0.2) is 9.55 Å². The number of hydrogen-bond acceptors (Lipinski definition) is 1. The van der Waals surface area contributed by atoms with Crippen LogP contribution in [0.25, 0.3) is 5.69 Å². The fourth-order valence-electron chi connectivity index (χ4n) is 2.54. The number of aromatic amines is 1. The zero-order chi connectivity index (χ0) is 14.8. The van der Waals surface area contributed by atoms with Crippen molar-refractivity contribution in [3.05, 3.63) is 87.6 Å². The van der Waals surface area contributed by atoms with Gasteiger partial charge in [-0.15, -0.1) is 0 Å². The molecule has 0 saturated carbocycles. The van der Waals surface area contributed by atoms with E-state index in [1.807, 2.05) is 56.3 Å². The summed E-state index contributed by atoms with van der Waals surface area (Å²) < 4.78 is 1.73. The topological polar surface area (TPSA) is 37.8 Å². The van der Waals surface area contributed by atoms with Crippen LogP contribution in [0.15, 0.2) is 59.4 Å². The van der Waals surface area contributed by atoms with Gasteiger partial charge in [0.15, 0.2) is 0 Å². The molecule has 0 aliphatic carbocycles. The third kappa shape index (κ3) is 2.68. The Bertz CT molecular complexity index is 795. The zero-order valence-electron chi connectivity index (χ0n) is 12.3. The summed E-state index contributed by atoms with van der Waals surface area (Å²) in [4.78, 5) is 15.2. The van der Waals surface area contributed by atoms with Crippen molar-refractivity contribution >= 4 is 0 Å². The van der Waals surface area contributed by atoms with E-state index in [9.17, 15) is 4.79 Å². The van der Waals surface area contributed by atoms with Gasteiger partial charge in [-0.1, -0.05) is 48.0 Å². The molecule has 1 aromatic heterocycles. The lowest BCUT2D eigenvalue weighted by atomic mass is 10.1. The zero-order valence-corrected chi connectivity index (χ0v) is 12.3. The molecule has 0 saturated heterocycles. The first-order chi connectivity index (χ1) is 10.1. The van der Waals surface area contributed by atoms with E-state index >= 15 is 0 Å². The minimum absolute atomic E-state index is 0.0812. The minimum Gasteiger partial charge on any atom is -0.309 e. The molecule has 0 aliphatic heterocycles. The van der Waals surface area contributed by atoms with Crippen LogP contribution in [-0.2, 0) is 6.42 Å². The molecule has 1 heterocycles. The molecular weight excluding hydrogens is 260 g/mol. The number of imidazole rings is 1. The van der Waals surface area contributed by atoms with Gasteiger partial charge in [-0.3, -0.25) is 4.57 Å². The molecule has 0 atom stereocenters. The largest absolute Gasteiger partial charge is 0.330 e. The van der Waals surface area contributed by atoms with E-state index in [-0.39, 0.29) is 5.69 Å². The highest BCUT2D eigenvalue weighted by atomic mass is 16.1. The summed E-state index contributed by atoms with van der Waals surface area (Å²) in [7, 11) is 0. The Morgan fingerprint density at radius 3 is 2.29 bits per heavy atom. The number of H-pyrrole nitrogens is 1. The van der Waals surface area contributed by atoms with Crippen LogP contribution in [0.2, 0.25) is 0 Å². The Morgan fingerprint density at radius 1 is 0.952 bits per heavy atom. The maximum Gasteiger partial charge on any atom is 0.330 e. The van der Waals surface area contributed by atoms with Gasteiger partial charge in [0.05, 0.1) is 5.69 Å². The van der Waals surface area contributed by atoms with E-state index in [1.165, 1.54) is 11.1 Å². The molecule has 0 fully saturated rings. The van der Waals surface area contributed by atoms with Crippen LogP contribution in [0.4, 0.5) is 0 Å². The van der Waals surface area contributed by atoms with Gasteiger partial charge in [0, 0.05) is 17.8 Å². The molecule has 0 bridgehead atoms. The molecule has 3 heteroatoms. The maximum absolute atomic E-state index is 12.2. The summed E-state index contributed by atoms with van der Waals surface area (Å²) >= 11 is 0. The van der Waals surface area contributed by atoms with Crippen molar-refractivity contribution in [2.75, 3.05) is 0 Å². The normalized spacial score (nSPS) is 10.8. The van der Waals surface area contributed by atoms with Crippen LogP contribution in [0.1, 0.15) is 22.5 Å². The summed E-state index contributed by atoms with van der Waals surface area (Å²) in [6, 6.07) is 18.2. The van der Waals surface area contributed by atoms with Gasteiger partial charge < -0.3 is 4.98 Å². The molecular formula is C18H18N2O. The standard InChI is InChI=1S/C18H18N2O/c1-13-8-10-16(11-9-13)20-14(2)17(19-18(20)21)12-15-6-4-3-5-7-15/h3-11H,12H2,1-2H3,(H,19,21). The van der Waals surface area contributed by atoms with E-state index in [0.717, 1.165) is 23.5 Å². The first-order valence-corrected chi connectivity index (χ1v) is 7.06. The van der Waals surface area contributed by atoms with Gasteiger partial charge in [0.2, 0.25) is 0 Å². The van der Waals surface area contributed by atoms with Crippen molar-refractivity contribution in [2.45, 2.75) is 20.3 Å². The van der Waals surface area contributed by atoms with E-state index in [0.29, 0.717) is 0 Å². The lowest BCUT2D eigenvalue weighted by Gasteiger charge is -2.06. The number of rotatable bonds is 3. The van der Waals surface area contributed by atoms with Gasteiger partial charge in [-0.2, -0.15) is 0 Å². The highest BCUT2D eigenvalue weighted by Gasteiger charge is 2.11. The van der Waals surface area contributed by atoms with Crippen LogP contribution >= 0.6 is 0 Å². The third-order valence-electron chi connectivity index (χ3n) is 3.75. The van der Waals surface area contributed by atoms with Crippen molar-refractivity contribution in [2.24, 2.45) is 0 Å². The first kappa shape index (κ1) is 13.4.